The first-order valence-electron chi connectivity index (χ1n) is 8.50. The lowest BCUT2D eigenvalue weighted by Gasteiger charge is -2.13. The molecule has 28 heavy (non-hydrogen) atoms. The van der Waals surface area contributed by atoms with Gasteiger partial charge in [-0.15, -0.1) is 0 Å². The molecule has 1 aliphatic carbocycles. The summed E-state index contributed by atoms with van der Waals surface area (Å²) >= 11 is 0. The summed E-state index contributed by atoms with van der Waals surface area (Å²) in [5.74, 6) is -4.29. The number of halogens is 3. The molecule has 2 aromatic rings. The molecule has 2 aromatic carbocycles. The van der Waals surface area contributed by atoms with Crippen LogP contribution in [0.3, 0.4) is 0 Å². The van der Waals surface area contributed by atoms with E-state index in [1.165, 1.54) is 0 Å². The van der Waals surface area contributed by atoms with Crippen LogP contribution in [0.5, 0.6) is 0 Å². The van der Waals surface area contributed by atoms with Crippen molar-refractivity contribution in [3.8, 4) is 0 Å². The Morgan fingerprint density at radius 3 is 2.32 bits per heavy atom. The van der Waals surface area contributed by atoms with E-state index < -0.39 is 38.9 Å². The number of rotatable bonds is 6. The van der Waals surface area contributed by atoms with E-state index in [9.17, 15) is 26.4 Å². The highest BCUT2D eigenvalue weighted by atomic mass is 32.2. The molecule has 2 N–H and O–H groups in total. The van der Waals surface area contributed by atoms with Crippen molar-refractivity contribution in [1.29, 1.82) is 0 Å². The van der Waals surface area contributed by atoms with Crippen LogP contribution in [0.4, 0.5) is 18.9 Å². The SMILES string of the molecule is O=C(Nc1ccc(F)c(F)c1)c1cc(S(=O)(=O)NOC2CCCC2)ccc1F. The van der Waals surface area contributed by atoms with Gasteiger partial charge in [0.15, 0.2) is 11.6 Å². The lowest BCUT2D eigenvalue weighted by Crippen LogP contribution is -2.28. The van der Waals surface area contributed by atoms with E-state index in [-0.39, 0.29) is 16.7 Å². The third kappa shape index (κ3) is 4.70. The van der Waals surface area contributed by atoms with Crippen molar-refractivity contribution in [3.63, 3.8) is 0 Å². The van der Waals surface area contributed by atoms with Crippen LogP contribution >= 0.6 is 0 Å². The van der Waals surface area contributed by atoms with Gasteiger partial charge in [0.05, 0.1) is 16.6 Å². The molecule has 1 fully saturated rings. The molecule has 0 aromatic heterocycles. The summed E-state index contributed by atoms with van der Waals surface area (Å²) in [6.07, 6.45) is 3.11. The van der Waals surface area contributed by atoms with Crippen molar-refractivity contribution < 1.29 is 31.2 Å². The van der Waals surface area contributed by atoms with Gasteiger partial charge in [0.25, 0.3) is 15.9 Å². The molecule has 150 valence electrons. The monoisotopic (exact) mass is 414 g/mol. The second-order valence-electron chi connectivity index (χ2n) is 6.34. The van der Waals surface area contributed by atoms with Gasteiger partial charge in [-0.1, -0.05) is 17.7 Å². The minimum Gasteiger partial charge on any atom is -0.322 e. The van der Waals surface area contributed by atoms with Gasteiger partial charge in [-0.05, 0) is 43.2 Å². The Kier molecular flexibility index (Phi) is 6.01. The highest BCUT2D eigenvalue weighted by Gasteiger charge is 2.23. The number of benzene rings is 2. The first-order valence-corrected chi connectivity index (χ1v) is 9.98. The van der Waals surface area contributed by atoms with E-state index in [1.807, 2.05) is 4.89 Å². The number of hydrogen-bond acceptors (Lipinski definition) is 4. The molecule has 0 bridgehead atoms. The van der Waals surface area contributed by atoms with Crippen molar-refractivity contribution in [2.75, 3.05) is 5.32 Å². The molecule has 0 aliphatic heterocycles. The smallest absolute Gasteiger partial charge is 0.262 e. The largest absolute Gasteiger partial charge is 0.322 e. The predicted molar refractivity (Wildman–Crippen MR) is 94.4 cm³/mol. The van der Waals surface area contributed by atoms with Gasteiger partial charge in [0, 0.05) is 11.8 Å². The molecule has 10 heteroatoms. The van der Waals surface area contributed by atoms with Crippen molar-refractivity contribution >= 4 is 21.6 Å². The molecule has 6 nitrogen and oxygen atoms in total. The van der Waals surface area contributed by atoms with E-state index in [0.717, 1.165) is 62.1 Å². The second kappa shape index (κ2) is 8.29. The predicted octanol–water partition coefficient (Wildman–Crippen LogP) is 3.51. The Morgan fingerprint density at radius 1 is 0.964 bits per heavy atom. The van der Waals surface area contributed by atoms with Gasteiger partial charge in [-0.3, -0.25) is 9.63 Å². The maximum Gasteiger partial charge on any atom is 0.262 e. The molecule has 1 amide bonds. The summed E-state index contributed by atoms with van der Waals surface area (Å²) in [6.45, 7) is 0. The molecular formula is C18H17F3N2O4S. The number of hydrogen-bond donors (Lipinski definition) is 2. The number of carbonyl (C=O) groups excluding carboxylic acids is 1. The van der Waals surface area contributed by atoms with Gasteiger partial charge in [0.1, 0.15) is 5.82 Å². The van der Waals surface area contributed by atoms with Gasteiger partial charge >= 0.3 is 0 Å². The molecule has 1 saturated carbocycles. The summed E-state index contributed by atoms with van der Waals surface area (Å²) in [7, 11) is -4.13. The highest BCUT2D eigenvalue weighted by molar-refractivity contribution is 7.89. The Morgan fingerprint density at radius 2 is 1.64 bits per heavy atom. The highest BCUT2D eigenvalue weighted by Crippen LogP contribution is 2.22. The van der Waals surface area contributed by atoms with E-state index >= 15 is 0 Å². The molecule has 0 radical (unpaired) electrons. The maximum atomic E-state index is 14.0. The summed E-state index contributed by atoms with van der Waals surface area (Å²) in [5.41, 5.74) is -0.687. The Bertz CT molecular complexity index is 992. The fourth-order valence-electron chi connectivity index (χ4n) is 2.80. The molecule has 0 unspecified atom stereocenters. The Labute approximate surface area is 159 Å². The lowest BCUT2D eigenvalue weighted by atomic mass is 10.2. The molecule has 1 aliphatic rings. The van der Waals surface area contributed by atoms with E-state index in [2.05, 4.69) is 5.32 Å². The standard InChI is InChI=1S/C18H17F3N2O4S/c19-15-8-6-13(28(25,26)23-27-12-3-1-2-4-12)10-14(15)18(24)22-11-5-7-16(20)17(21)9-11/h5-10,12,23H,1-4H2,(H,22,24). The fourth-order valence-corrected chi connectivity index (χ4v) is 3.68. The fraction of sp³-hybridized carbons (Fsp3) is 0.278. The quantitative estimate of drug-likeness (QED) is 0.709. The van der Waals surface area contributed by atoms with Gasteiger partial charge in [-0.2, -0.15) is 0 Å². The number of nitrogens with one attached hydrogen (secondary N) is 2. The average Bonchev–Trinajstić information content (AvgIpc) is 3.17. The molecular weight excluding hydrogens is 397 g/mol. The zero-order valence-corrected chi connectivity index (χ0v) is 15.4. The van der Waals surface area contributed by atoms with Crippen molar-refractivity contribution in [1.82, 2.24) is 4.89 Å². The van der Waals surface area contributed by atoms with Crippen LogP contribution in [0, 0.1) is 17.5 Å². The van der Waals surface area contributed by atoms with Gasteiger partial charge in [0.2, 0.25) is 0 Å². The molecule has 0 saturated heterocycles. The minimum absolute atomic E-state index is 0.112. The van der Waals surface area contributed by atoms with E-state index in [1.54, 1.807) is 0 Å². The summed E-state index contributed by atoms with van der Waals surface area (Å²) in [4.78, 5) is 19.0. The Balaban J connectivity index is 1.77. The van der Waals surface area contributed by atoms with E-state index in [4.69, 9.17) is 4.84 Å². The van der Waals surface area contributed by atoms with Crippen LogP contribution in [0.2, 0.25) is 0 Å². The van der Waals surface area contributed by atoms with Crippen LogP contribution in [-0.4, -0.2) is 20.4 Å². The zero-order chi connectivity index (χ0) is 20.3. The number of anilines is 1. The van der Waals surface area contributed by atoms with Crippen molar-refractivity contribution in [2.24, 2.45) is 0 Å². The normalized spacial score (nSPS) is 15.0. The lowest BCUT2D eigenvalue weighted by molar-refractivity contribution is 0.0223. The van der Waals surface area contributed by atoms with Crippen LogP contribution in [0.25, 0.3) is 0 Å². The molecule has 0 atom stereocenters. The van der Waals surface area contributed by atoms with Gasteiger partial charge in [-0.25, -0.2) is 21.6 Å². The van der Waals surface area contributed by atoms with E-state index in [0.29, 0.717) is 0 Å². The van der Waals surface area contributed by atoms with Crippen LogP contribution in [0.15, 0.2) is 41.3 Å². The van der Waals surface area contributed by atoms with Gasteiger partial charge < -0.3 is 5.32 Å². The molecule has 0 spiro atoms. The van der Waals surface area contributed by atoms with Crippen LogP contribution in [-0.2, 0) is 14.9 Å². The Hall–Kier alpha value is -2.43. The third-order valence-electron chi connectivity index (χ3n) is 4.30. The third-order valence-corrected chi connectivity index (χ3v) is 5.49. The zero-order valence-electron chi connectivity index (χ0n) is 14.5. The maximum absolute atomic E-state index is 14.0. The summed E-state index contributed by atoms with van der Waals surface area (Å²) < 4.78 is 64.9. The topological polar surface area (TPSA) is 84.5 Å². The first kappa shape index (κ1) is 20.3. The van der Waals surface area contributed by atoms with Crippen LogP contribution < -0.4 is 10.2 Å². The summed E-state index contributed by atoms with van der Waals surface area (Å²) in [5, 5.41) is 2.19. The van der Waals surface area contributed by atoms with Crippen LogP contribution in [0.1, 0.15) is 36.0 Å². The first-order chi connectivity index (χ1) is 13.3. The molecule has 3 rings (SSSR count). The molecule has 0 heterocycles. The number of sulfonamides is 1. The second-order valence-corrected chi connectivity index (χ2v) is 7.98. The van der Waals surface area contributed by atoms with Crippen molar-refractivity contribution in [2.45, 2.75) is 36.7 Å². The number of amides is 1. The average molecular weight is 414 g/mol. The number of carbonyl (C=O) groups is 1. The minimum atomic E-state index is -4.13. The summed E-state index contributed by atoms with van der Waals surface area (Å²) in [6, 6.07) is 5.26. The van der Waals surface area contributed by atoms with Crippen molar-refractivity contribution in [3.05, 3.63) is 59.4 Å².